The zero-order valence-electron chi connectivity index (χ0n) is 7.92. The third-order valence-corrected chi connectivity index (χ3v) is 2.58. The summed E-state index contributed by atoms with van der Waals surface area (Å²) in [6, 6.07) is 0.337. The largest absolute Gasteiger partial charge is 0.507 e. The number of hydrogen-bond donors (Lipinski definition) is 3. The lowest BCUT2D eigenvalue weighted by Gasteiger charge is -2.23. The lowest BCUT2D eigenvalue weighted by molar-refractivity contribution is -0.0715. The van der Waals surface area contributed by atoms with Gasteiger partial charge in [-0.2, -0.15) is 0 Å². The smallest absolute Gasteiger partial charge is 0.289 e. The number of nitrogens with two attached hydrogens (primary N) is 1. The van der Waals surface area contributed by atoms with Crippen molar-refractivity contribution >= 4 is 23.2 Å². The predicted octanol–water partition coefficient (Wildman–Crippen LogP) is 2.33. The van der Waals surface area contributed by atoms with Crippen molar-refractivity contribution in [3.05, 3.63) is 27.7 Å². The molecule has 0 bridgehead atoms. The van der Waals surface area contributed by atoms with Crippen LogP contribution in [-0.4, -0.2) is 22.7 Å². The first-order chi connectivity index (χ1) is 7.29. The minimum absolute atomic E-state index is 0.103. The summed E-state index contributed by atoms with van der Waals surface area (Å²) >= 11 is 11.2. The van der Waals surface area contributed by atoms with Gasteiger partial charge >= 0.3 is 0 Å². The minimum atomic E-state index is -3.57. The molecular formula is C9H9Cl2F2NO2. The molecule has 0 heterocycles. The van der Waals surface area contributed by atoms with E-state index in [0.29, 0.717) is 0 Å². The average Bonchev–Trinajstić information content (AvgIpc) is 2.15. The Balaban J connectivity index is 3.24. The Bertz CT molecular complexity index is 378. The highest BCUT2D eigenvalue weighted by Gasteiger charge is 2.39. The predicted molar refractivity (Wildman–Crippen MR) is 57.1 cm³/mol. The second-order valence-corrected chi connectivity index (χ2v) is 4.06. The van der Waals surface area contributed by atoms with Crippen molar-refractivity contribution in [3.63, 3.8) is 0 Å². The van der Waals surface area contributed by atoms with Crippen LogP contribution in [0.3, 0.4) is 0 Å². The minimum Gasteiger partial charge on any atom is -0.507 e. The Morgan fingerprint density at radius 1 is 1.38 bits per heavy atom. The molecule has 0 aliphatic carbocycles. The van der Waals surface area contributed by atoms with E-state index in [1.54, 1.807) is 0 Å². The van der Waals surface area contributed by atoms with Crippen LogP contribution in [0.15, 0.2) is 12.1 Å². The van der Waals surface area contributed by atoms with Crippen molar-refractivity contribution in [1.82, 2.24) is 0 Å². The monoisotopic (exact) mass is 271 g/mol. The maximum absolute atomic E-state index is 13.1. The van der Waals surface area contributed by atoms with E-state index in [9.17, 15) is 13.9 Å². The normalized spacial score (nSPS) is 13.9. The number of aliphatic hydroxyl groups is 1. The number of phenols is 1. The van der Waals surface area contributed by atoms with Crippen LogP contribution in [0.25, 0.3) is 0 Å². The van der Waals surface area contributed by atoms with Crippen molar-refractivity contribution < 1.29 is 19.0 Å². The summed E-state index contributed by atoms with van der Waals surface area (Å²) < 4.78 is 26.2. The van der Waals surface area contributed by atoms with Crippen LogP contribution in [0.2, 0.25) is 10.0 Å². The van der Waals surface area contributed by atoms with E-state index in [4.69, 9.17) is 34.0 Å². The molecule has 0 unspecified atom stereocenters. The fourth-order valence-electron chi connectivity index (χ4n) is 1.19. The SMILES string of the molecule is N[C@@H](c1c(O)cc(Cl)cc1Cl)C(F)(F)CO. The maximum Gasteiger partial charge on any atom is 0.289 e. The Kier molecular flexibility index (Phi) is 3.96. The summed E-state index contributed by atoms with van der Waals surface area (Å²) in [5.41, 5.74) is 4.90. The lowest BCUT2D eigenvalue weighted by atomic mass is 10.0. The number of benzene rings is 1. The first kappa shape index (κ1) is 13.4. The van der Waals surface area contributed by atoms with Gasteiger partial charge in [0.05, 0.1) is 5.02 Å². The first-order valence-corrected chi connectivity index (χ1v) is 4.97. The van der Waals surface area contributed by atoms with Crippen molar-refractivity contribution in [2.45, 2.75) is 12.0 Å². The van der Waals surface area contributed by atoms with Crippen molar-refractivity contribution in [2.75, 3.05) is 6.61 Å². The maximum atomic E-state index is 13.1. The van der Waals surface area contributed by atoms with Crippen LogP contribution < -0.4 is 5.73 Å². The molecule has 4 N–H and O–H groups in total. The summed E-state index contributed by atoms with van der Waals surface area (Å²) in [6.07, 6.45) is 0. The highest BCUT2D eigenvalue weighted by molar-refractivity contribution is 6.35. The quantitative estimate of drug-likeness (QED) is 0.791. The van der Waals surface area contributed by atoms with Gasteiger partial charge in [-0.3, -0.25) is 0 Å². The van der Waals surface area contributed by atoms with Crippen LogP contribution in [-0.2, 0) is 0 Å². The van der Waals surface area contributed by atoms with Crippen LogP contribution in [0.4, 0.5) is 8.78 Å². The van der Waals surface area contributed by atoms with Crippen LogP contribution >= 0.6 is 23.2 Å². The molecule has 90 valence electrons. The summed E-state index contributed by atoms with van der Waals surface area (Å²) in [4.78, 5) is 0. The lowest BCUT2D eigenvalue weighted by Crippen LogP contribution is -2.36. The number of aromatic hydroxyl groups is 1. The van der Waals surface area contributed by atoms with Gasteiger partial charge in [0.15, 0.2) is 0 Å². The number of aliphatic hydroxyl groups excluding tert-OH is 1. The fraction of sp³-hybridized carbons (Fsp3) is 0.333. The molecular weight excluding hydrogens is 263 g/mol. The zero-order valence-corrected chi connectivity index (χ0v) is 9.43. The number of alkyl halides is 2. The molecule has 0 saturated heterocycles. The Hall–Kier alpha value is -0.620. The molecule has 0 saturated carbocycles. The summed E-state index contributed by atoms with van der Waals surface area (Å²) in [5.74, 6) is -4.10. The fourth-order valence-corrected chi connectivity index (χ4v) is 1.79. The van der Waals surface area contributed by atoms with Gasteiger partial charge < -0.3 is 15.9 Å². The van der Waals surface area contributed by atoms with Gasteiger partial charge in [0.2, 0.25) is 0 Å². The van der Waals surface area contributed by atoms with Gasteiger partial charge in [-0.15, -0.1) is 0 Å². The number of halogens is 4. The van der Waals surface area contributed by atoms with Gasteiger partial charge in [0.25, 0.3) is 5.92 Å². The van der Waals surface area contributed by atoms with E-state index < -0.39 is 24.3 Å². The van der Waals surface area contributed by atoms with Gasteiger partial charge in [0.1, 0.15) is 18.4 Å². The Morgan fingerprint density at radius 3 is 2.38 bits per heavy atom. The summed E-state index contributed by atoms with van der Waals surface area (Å²) in [6.45, 7) is -1.44. The molecule has 1 aromatic rings. The molecule has 1 aromatic carbocycles. The first-order valence-electron chi connectivity index (χ1n) is 4.21. The number of phenolic OH excluding ortho intramolecular Hbond substituents is 1. The average molecular weight is 272 g/mol. The van der Waals surface area contributed by atoms with Crippen molar-refractivity contribution in [3.8, 4) is 5.75 Å². The molecule has 0 amide bonds. The molecule has 0 radical (unpaired) electrons. The Morgan fingerprint density at radius 2 is 1.94 bits per heavy atom. The molecule has 0 spiro atoms. The number of rotatable bonds is 3. The molecule has 16 heavy (non-hydrogen) atoms. The molecule has 0 fully saturated rings. The van der Waals surface area contributed by atoms with E-state index in [-0.39, 0.29) is 15.6 Å². The second kappa shape index (κ2) is 4.71. The van der Waals surface area contributed by atoms with Crippen molar-refractivity contribution in [1.29, 1.82) is 0 Å². The summed E-state index contributed by atoms with van der Waals surface area (Å²) in [7, 11) is 0. The molecule has 0 aliphatic rings. The van der Waals surface area contributed by atoms with Crippen molar-refractivity contribution in [2.24, 2.45) is 5.73 Å². The van der Waals surface area contributed by atoms with E-state index >= 15 is 0 Å². The standard InChI is InChI=1S/C9H9Cl2F2NO2/c10-4-1-5(11)7(6(16)2-4)8(14)9(12,13)3-15/h1-2,8,15-16H,3,14H2/t8-/m0/s1. The van der Waals surface area contributed by atoms with Gasteiger partial charge in [-0.25, -0.2) is 8.78 Å². The molecule has 1 rings (SSSR count). The number of hydrogen-bond acceptors (Lipinski definition) is 3. The third kappa shape index (κ3) is 2.55. The topological polar surface area (TPSA) is 66.5 Å². The van der Waals surface area contributed by atoms with E-state index in [2.05, 4.69) is 0 Å². The van der Waals surface area contributed by atoms with Crippen LogP contribution in [0.5, 0.6) is 5.75 Å². The highest BCUT2D eigenvalue weighted by Crippen LogP contribution is 2.39. The summed E-state index contributed by atoms with van der Waals surface area (Å²) in [5, 5.41) is 17.8. The van der Waals surface area contributed by atoms with Gasteiger partial charge in [-0.1, -0.05) is 23.2 Å². The van der Waals surface area contributed by atoms with Crippen LogP contribution in [0.1, 0.15) is 11.6 Å². The Labute approximate surface area is 100 Å². The molecule has 0 aromatic heterocycles. The van der Waals surface area contributed by atoms with Gasteiger partial charge in [0, 0.05) is 10.6 Å². The van der Waals surface area contributed by atoms with E-state index in [1.165, 1.54) is 6.07 Å². The zero-order chi connectivity index (χ0) is 12.5. The highest BCUT2D eigenvalue weighted by atomic mass is 35.5. The third-order valence-electron chi connectivity index (χ3n) is 2.05. The van der Waals surface area contributed by atoms with Gasteiger partial charge in [-0.05, 0) is 12.1 Å². The van der Waals surface area contributed by atoms with E-state index in [1.807, 2.05) is 0 Å². The van der Waals surface area contributed by atoms with Crippen LogP contribution in [0, 0.1) is 0 Å². The molecule has 7 heteroatoms. The molecule has 0 aliphatic heterocycles. The molecule has 1 atom stereocenters. The molecule has 3 nitrogen and oxygen atoms in total. The second-order valence-electron chi connectivity index (χ2n) is 3.22. The van der Waals surface area contributed by atoms with E-state index in [0.717, 1.165) is 6.07 Å².